The first-order valence-corrected chi connectivity index (χ1v) is 13.1. The van der Waals surface area contributed by atoms with Crippen molar-refractivity contribution in [2.45, 2.75) is 58.9 Å². The van der Waals surface area contributed by atoms with Crippen LogP contribution in [0.25, 0.3) is 11.3 Å². The molecule has 5 rings (SSSR count). The lowest BCUT2D eigenvalue weighted by atomic mass is 9.80. The molecule has 2 N–H and O–H groups in total. The molecule has 2 aliphatic heterocycles. The van der Waals surface area contributed by atoms with E-state index in [0.29, 0.717) is 28.6 Å². The minimum Gasteiger partial charge on any atom is -0.368 e. The van der Waals surface area contributed by atoms with Crippen molar-refractivity contribution in [3.05, 3.63) is 46.6 Å². The highest BCUT2D eigenvalue weighted by molar-refractivity contribution is 7.13. The molecule has 1 saturated heterocycles. The van der Waals surface area contributed by atoms with Gasteiger partial charge in [-0.1, -0.05) is 13.8 Å². The second-order valence-corrected chi connectivity index (χ2v) is 11.5. The average Bonchev–Trinajstić information content (AvgIpc) is 3.29. The molecular formula is C26H32F2N6S. The van der Waals surface area contributed by atoms with Gasteiger partial charge in [0.1, 0.15) is 11.5 Å². The molecule has 6 nitrogen and oxygen atoms in total. The number of piperidine rings is 1. The van der Waals surface area contributed by atoms with Gasteiger partial charge in [-0.25, -0.2) is 23.7 Å². The SMILES string of the molecule is CC(C)N1CC(C)(C)Cc2c(F)cc(-c3nc(Nc4nc(C5CCNCC5)cs4)ncc3F)cc21. The molecule has 9 heteroatoms. The van der Waals surface area contributed by atoms with Gasteiger partial charge in [0.25, 0.3) is 0 Å². The smallest absolute Gasteiger partial charge is 0.229 e. The van der Waals surface area contributed by atoms with Crippen molar-refractivity contribution in [1.82, 2.24) is 20.3 Å². The van der Waals surface area contributed by atoms with E-state index in [1.165, 1.54) is 17.4 Å². The maximum atomic E-state index is 15.3. The molecule has 0 atom stereocenters. The fourth-order valence-corrected chi connectivity index (χ4v) is 5.89. The lowest BCUT2D eigenvalue weighted by Gasteiger charge is -2.43. The summed E-state index contributed by atoms with van der Waals surface area (Å²) < 4.78 is 30.2. The highest BCUT2D eigenvalue weighted by atomic mass is 32.1. The van der Waals surface area contributed by atoms with E-state index < -0.39 is 5.82 Å². The Labute approximate surface area is 209 Å². The molecule has 0 saturated carbocycles. The van der Waals surface area contributed by atoms with Crippen LogP contribution in [-0.2, 0) is 6.42 Å². The van der Waals surface area contributed by atoms with Gasteiger partial charge in [-0.2, -0.15) is 0 Å². The lowest BCUT2D eigenvalue weighted by Crippen LogP contribution is -2.44. The van der Waals surface area contributed by atoms with Crippen LogP contribution >= 0.6 is 11.3 Å². The van der Waals surface area contributed by atoms with E-state index in [0.717, 1.165) is 50.1 Å². The van der Waals surface area contributed by atoms with Crippen molar-refractivity contribution in [1.29, 1.82) is 0 Å². The molecule has 0 unspecified atom stereocenters. The predicted octanol–water partition coefficient (Wildman–Crippen LogP) is 5.89. The number of thiazole rings is 1. The molecular weight excluding hydrogens is 466 g/mol. The Hall–Kier alpha value is -2.65. The van der Waals surface area contributed by atoms with Crippen LogP contribution in [0.3, 0.4) is 0 Å². The molecule has 0 spiro atoms. The lowest BCUT2D eigenvalue weighted by molar-refractivity contribution is 0.332. The second kappa shape index (κ2) is 9.43. The average molecular weight is 499 g/mol. The molecule has 4 heterocycles. The number of hydrogen-bond donors (Lipinski definition) is 2. The monoisotopic (exact) mass is 498 g/mol. The Morgan fingerprint density at radius 1 is 1.14 bits per heavy atom. The molecule has 0 radical (unpaired) electrons. The number of anilines is 3. The van der Waals surface area contributed by atoms with Crippen LogP contribution in [0.1, 0.15) is 57.7 Å². The number of rotatable bonds is 5. The standard InChI is InChI=1S/C26H32F2N6S/c1-15(2)34-14-26(3,4)11-18-19(27)9-17(10-22(18)34)23-20(28)12-30-24(32-23)33-25-31-21(13-35-25)16-5-7-29-8-6-16/h9-10,12-13,15-16,29H,5-8,11,14H2,1-4H3,(H,30,31,32,33). The number of fused-ring (bicyclic) bond motifs is 1. The Balaban J connectivity index is 1.45. The van der Waals surface area contributed by atoms with E-state index in [4.69, 9.17) is 4.98 Å². The van der Waals surface area contributed by atoms with Crippen LogP contribution in [0.15, 0.2) is 23.7 Å². The zero-order valence-electron chi connectivity index (χ0n) is 20.7. The number of benzene rings is 1. The maximum absolute atomic E-state index is 15.3. The number of halogens is 2. The minimum absolute atomic E-state index is 0.0441. The molecule has 1 fully saturated rings. The Morgan fingerprint density at radius 3 is 2.66 bits per heavy atom. The normalized spacial score (nSPS) is 18.1. The molecule has 2 aliphatic rings. The quantitative estimate of drug-likeness (QED) is 0.458. The summed E-state index contributed by atoms with van der Waals surface area (Å²) in [6, 6.07) is 3.45. The van der Waals surface area contributed by atoms with Gasteiger partial charge >= 0.3 is 0 Å². The second-order valence-electron chi connectivity index (χ2n) is 10.6. The fraction of sp³-hybridized carbons (Fsp3) is 0.500. The Kier molecular flexibility index (Phi) is 6.48. The summed E-state index contributed by atoms with van der Waals surface area (Å²) in [4.78, 5) is 15.4. The van der Waals surface area contributed by atoms with Crippen LogP contribution < -0.4 is 15.5 Å². The number of aromatic nitrogens is 3. The third-order valence-electron chi connectivity index (χ3n) is 6.87. The van der Waals surface area contributed by atoms with Crippen LogP contribution in [0, 0.1) is 17.0 Å². The van der Waals surface area contributed by atoms with E-state index >= 15 is 4.39 Å². The zero-order valence-corrected chi connectivity index (χ0v) is 21.5. The first kappa shape index (κ1) is 24.1. The number of hydrogen-bond acceptors (Lipinski definition) is 7. The molecule has 2 aromatic heterocycles. The summed E-state index contributed by atoms with van der Waals surface area (Å²) in [5.74, 6) is -0.223. The summed E-state index contributed by atoms with van der Waals surface area (Å²) in [5.41, 5.74) is 3.00. The van der Waals surface area contributed by atoms with E-state index in [-0.39, 0.29) is 28.9 Å². The van der Waals surface area contributed by atoms with E-state index in [1.807, 2.05) is 6.07 Å². The van der Waals surface area contributed by atoms with Crippen LogP contribution in [0.5, 0.6) is 0 Å². The molecule has 0 aliphatic carbocycles. The first-order chi connectivity index (χ1) is 16.7. The highest BCUT2D eigenvalue weighted by Gasteiger charge is 2.34. The summed E-state index contributed by atoms with van der Waals surface area (Å²) in [5, 5.41) is 9.21. The van der Waals surface area contributed by atoms with Crippen molar-refractivity contribution in [2.75, 3.05) is 29.9 Å². The maximum Gasteiger partial charge on any atom is 0.229 e. The Morgan fingerprint density at radius 2 is 1.91 bits per heavy atom. The fourth-order valence-electron chi connectivity index (χ4n) is 5.11. The topological polar surface area (TPSA) is 66.0 Å². The third-order valence-corrected chi connectivity index (χ3v) is 7.65. The van der Waals surface area contributed by atoms with Gasteiger partial charge in [-0.05, 0) is 63.7 Å². The van der Waals surface area contributed by atoms with Gasteiger partial charge in [0.15, 0.2) is 10.9 Å². The van der Waals surface area contributed by atoms with Crippen LogP contribution in [0.2, 0.25) is 0 Å². The van der Waals surface area contributed by atoms with Crippen molar-refractivity contribution < 1.29 is 8.78 Å². The van der Waals surface area contributed by atoms with Gasteiger partial charge in [-0.15, -0.1) is 11.3 Å². The van der Waals surface area contributed by atoms with Crippen LogP contribution in [0.4, 0.5) is 25.5 Å². The van der Waals surface area contributed by atoms with E-state index in [2.05, 4.69) is 58.6 Å². The summed E-state index contributed by atoms with van der Waals surface area (Å²) in [6.07, 6.45) is 3.90. The third kappa shape index (κ3) is 5.02. The Bertz CT molecular complexity index is 1220. The zero-order chi connectivity index (χ0) is 24.7. The predicted molar refractivity (Wildman–Crippen MR) is 138 cm³/mol. The van der Waals surface area contributed by atoms with Crippen molar-refractivity contribution in [3.63, 3.8) is 0 Å². The highest BCUT2D eigenvalue weighted by Crippen LogP contribution is 2.41. The summed E-state index contributed by atoms with van der Waals surface area (Å²) in [6.45, 7) is 11.3. The number of nitrogens with zero attached hydrogens (tertiary/aromatic N) is 4. The van der Waals surface area contributed by atoms with Gasteiger partial charge in [0.05, 0.1) is 11.9 Å². The van der Waals surface area contributed by atoms with Gasteiger partial charge in [0.2, 0.25) is 5.95 Å². The van der Waals surface area contributed by atoms with E-state index in [9.17, 15) is 4.39 Å². The molecule has 1 aromatic carbocycles. The van der Waals surface area contributed by atoms with Gasteiger partial charge < -0.3 is 15.5 Å². The molecule has 0 amide bonds. The van der Waals surface area contributed by atoms with Crippen molar-refractivity contribution >= 4 is 28.1 Å². The van der Waals surface area contributed by atoms with Crippen LogP contribution in [-0.4, -0.2) is 40.6 Å². The van der Waals surface area contributed by atoms with Gasteiger partial charge in [0, 0.05) is 40.7 Å². The molecule has 0 bridgehead atoms. The number of nitrogens with one attached hydrogen (secondary N) is 2. The van der Waals surface area contributed by atoms with Crippen molar-refractivity contribution in [3.8, 4) is 11.3 Å². The van der Waals surface area contributed by atoms with Crippen molar-refractivity contribution in [2.24, 2.45) is 5.41 Å². The van der Waals surface area contributed by atoms with Gasteiger partial charge in [-0.3, -0.25) is 0 Å². The molecule has 186 valence electrons. The minimum atomic E-state index is -0.586. The van der Waals surface area contributed by atoms with E-state index in [1.54, 1.807) is 0 Å². The molecule has 3 aromatic rings. The first-order valence-electron chi connectivity index (χ1n) is 12.3. The molecule has 35 heavy (non-hydrogen) atoms. The largest absolute Gasteiger partial charge is 0.368 e. The summed E-state index contributed by atoms with van der Waals surface area (Å²) >= 11 is 1.49. The summed E-state index contributed by atoms with van der Waals surface area (Å²) in [7, 11) is 0.